The largest absolute Gasteiger partial charge is 0.469 e. The summed E-state index contributed by atoms with van der Waals surface area (Å²) in [6.45, 7) is 1.73. The molecule has 0 amide bonds. The zero-order chi connectivity index (χ0) is 13.6. The maximum atomic E-state index is 11.7. The summed E-state index contributed by atoms with van der Waals surface area (Å²) in [5, 5.41) is 2.50. The van der Waals surface area contributed by atoms with Crippen LogP contribution in [0.3, 0.4) is 0 Å². The number of esters is 1. The summed E-state index contributed by atoms with van der Waals surface area (Å²) in [7, 11) is -2.12. The lowest BCUT2D eigenvalue weighted by Crippen LogP contribution is -2.29. The highest BCUT2D eigenvalue weighted by molar-refractivity contribution is 7.89. The highest BCUT2D eigenvalue weighted by Crippen LogP contribution is 2.15. The zero-order valence-electron chi connectivity index (χ0n) is 10.3. The topological polar surface area (TPSA) is 85.4 Å². The van der Waals surface area contributed by atoms with Crippen molar-refractivity contribution in [3.63, 3.8) is 0 Å². The predicted octanol–water partition coefficient (Wildman–Crippen LogP) is 1.08. The number of carbonyl (C=O) groups excluding carboxylic acids is 1. The lowest BCUT2D eigenvalue weighted by molar-refractivity contribution is -0.140. The Kier molecular flexibility index (Phi) is 5.70. The summed E-state index contributed by atoms with van der Waals surface area (Å²) in [4.78, 5) is 14.9. The molecule has 0 aliphatic carbocycles. The van der Waals surface area contributed by atoms with Gasteiger partial charge in [0.1, 0.15) is 5.01 Å². The van der Waals surface area contributed by atoms with E-state index in [1.807, 2.05) is 0 Å². The molecule has 1 atom stereocenters. The maximum absolute atomic E-state index is 11.7. The van der Waals surface area contributed by atoms with Crippen LogP contribution < -0.4 is 4.72 Å². The number of hydrogen-bond donors (Lipinski definition) is 1. The Labute approximate surface area is 110 Å². The second-order valence-electron chi connectivity index (χ2n) is 3.71. The van der Waals surface area contributed by atoms with Gasteiger partial charge in [0.2, 0.25) is 10.0 Å². The van der Waals surface area contributed by atoms with Gasteiger partial charge in [0.25, 0.3) is 0 Å². The fraction of sp³-hybridized carbons (Fsp3) is 0.600. The average molecular weight is 292 g/mol. The van der Waals surface area contributed by atoms with E-state index in [9.17, 15) is 13.2 Å². The normalized spacial score (nSPS) is 13.2. The van der Waals surface area contributed by atoms with Crippen LogP contribution in [-0.2, 0) is 19.6 Å². The molecule has 1 heterocycles. The monoisotopic (exact) mass is 292 g/mol. The van der Waals surface area contributed by atoms with Crippen molar-refractivity contribution in [2.75, 3.05) is 12.9 Å². The van der Waals surface area contributed by atoms with E-state index in [1.54, 1.807) is 18.5 Å². The Morgan fingerprint density at radius 1 is 1.61 bits per heavy atom. The summed E-state index contributed by atoms with van der Waals surface area (Å²) in [5.41, 5.74) is 0. The molecule has 6 nitrogen and oxygen atoms in total. The van der Waals surface area contributed by atoms with E-state index >= 15 is 0 Å². The van der Waals surface area contributed by atoms with E-state index in [2.05, 4.69) is 14.4 Å². The minimum atomic E-state index is -3.40. The second kappa shape index (κ2) is 6.81. The van der Waals surface area contributed by atoms with Gasteiger partial charge in [0, 0.05) is 18.0 Å². The Hall–Kier alpha value is -0.990. The number of rotatable bonds is 7. The number of hydrogen-bond acceptors (Lipinski definition) is 6. The zero-order valence-corrected chi connectivity index (χ0v) is 11.9. The Bertz CT molecular complexity index is 470. The lowest BCUT2D eigenvalue weighted by atomic mass is 10.3. The molecule has 1 aromatic rings. The summed E-state index contributed by atoms with van der Waals surface area (Å²) in [5.74, 6) is -0.504. The van der Waals surface area contributed by atoms with Crippen LogP contribution in [0, 0.1) is 0 Å². The molecule has 8 heteroatoms. The third-order valence-corrected chi connectivity index (χ3v) is 4.70. The number of nitrogens with one attached hydrogen (secondary N) is 1. The van der Waals surface area contributed by atoms with Gasteiger partial charge in [0.15, 0.2) is 0 Å². The first-order valence-corrected chi connectivity index (χ1v) is 7.94. The van der Waals surface area contributed by atoms with Gasteiger partial charge in [-0.2, -0.15) is 0 Å². The van der Waals surface area contributed by atoms with Crippen LogP contribution in [0.4, 0.5) is 0 Å². The average Bonchev–Trinajstić information content (AvgIpc) is 2.81. The third kappa shape index (κ3) is 5.11. The molecule has 0 radical (unpaired) electrons. The molecule has 0 spiro atoms. The summed E-state index contributed by atoms with van der Waals surface area (Å²) >= 11 is 1.39. The van der Waals surface area contributed by atoms with Gasteiger partial charge in [-0.05, 0) is 13.3 Å². The van der Waals surface area contributed by atoms with Gasteiger partial charge in [-0.1, -0.05) is 0 Å². The highest BCUT2D eigenvalue weighted by Gasteiger charge is 2.17. The molecule has 0 saturated heterocycles. The van der Waals surface area contributed by atoms with E-state index in [4.69, 9.17) is 0 Å². The Morgan fingerprint density at radius 2 is 2.33 bits per heavy atom. The second-order valence-corrected chi connectivity index (χ2v) is 6.51. The fourth-order valence-electron chi connectivity index (χ4n) is 1.34. The van der Waals surface area contributed by atoms with Crippen molar-refractivity contribution >= 4 is 27.3 Å². The SMILES string of the molecule is COC(=O)CCCS(=O)(=O)NC(C)c1nccs1. The number of methoxy groups -OCH3 is 1. The third-order valence-electron chi connectivity index (χ3n) is 2.20. The number of thiazole rings is 1. The van der Waals surface area contributed by atoms with Gasteiger partial charge in [-0.15, -0.1) is 11.3 Å². The smallest absolute Gasteiger partial charge is 0.305 e. The molecule has 1 N–H and O–H groups in total. The summed E-state index contributed by atoms with van der Waals surface area (Å²) in [6, 6.07) is -0.354. The van der Waals surface area contributed by atoms with Crippen molar-refractivity contribution in [3.05, 3.63) is 16.6 Å². The van der Waals surface area contributed by atoms with Crippen LogP contribution in [-0.4, -0.2) is 32.2 Å². The van der Waals surface area contributed by atoms with E-state index in [-0.39, 0.29) is 24.6 Å². The van der Waals surface area contributed by atoms with E-state index in [0.29, 0.717) is 5.01 Å². The predicted molar refractivity (Wildman–Crippen MR) is 68.7 cm³/mol. The Morgan fingerprint density at radius 3 is 2.89 bits per heavy atom. The minimum absolute atomic E-state index is 0.0994. The summed E-state index contributed by atoms with van der Waals surface area (Å²) < 4.78 is 30.4. The first-order chi connectivity index (χ1) is 8.44. The molecule has 0 aliphatic rings. The highest BCUT2D eigenvalue weighted by atomic mass is 32.2. The van der Waals surface area contributed by atoms with E-state index in [0.717, 1.165) is 0 Å². The quantitative estimate of drug-likeness (QED) is 0.760. The van der Waals surface area contributed by atoms with Crippen LogP contribution in [0.15, 0.2) is 11.6 Å². The molecule has 1 aromatic heterocycles. The summed E-state index contributed by atoms with van der Waals surface area (Å²) in [6.07, 6.45) is 1.97. The minimum Gasteiger partial charge on any atom is -0.469 e. The van der Waals surface area contributed by atoms with Crippen molar-refractivity contribution in [1.82, 2.24) is 9.71 Å². The number of aromatic nitrogens is 1. The molecule has 1 rings (SSSR count). The van der Waals surface area contributed by atoms with Crippen LogP contribution in [0.2, 0.25) is 0 Å². The molecular formula is C10H16N2O4S2. The van der Waals surface area contributed by atoms with Gasteiger partial charge in [-0.25, -0.2) is 18.1 Å². The van der Waals surface area contributed by atoms with Crippen molar-refractivity contribution < 1.29 is 17.9 Å². The van der Waals surface area contributed by atoms with E-state index < -0.39 is 16.0 Å². The molecule has 1 unspecified atom stereocenters. The Balaban J connectivity index is 2.42. The van der Waals surface area contributed by atoms with Crippen LogP contribution in [0.1, 0.15) is 30.8 Å². The van der Waals surface area contributed by atoms with Crippen LogP contribution >= 0.6 is 11.3 Å². The van der Waals surface area contributed by atoms with Crippen molar-refractivity contribution in [2.24, 2.45) is 0 Å². The van der Waals surface area contributed by atoms with Crippen molar-refractivity contribution in [3.8, 4) is 0 Å². The molecule has 18 heavy (non-hydrogen) atoms. The standard InChI is InChI=1S/C10H16N2O4S2/c1-8(10-11-5-6-17-10)12-18(14,15)7-3-4-9(13)16-2/h5-6,8,12H,3-4,7H2,1-2H3. The van der Waals surface area contributed by atoms with Gasteiger partial charge < -0.3 is 4.74 Å². The van der Waals surface area contributed by atoms with Crippen molar-refractivity contribution in [2.45, 2.75) is 25.8 Å². The number of carbonyl (C=O) groups is 1. The molecule has 0 fully saturated rings. The number of ether oxygens (including phenoxy) is 1. The first kappa shape index (κ1) is 15.1. The van der Waals surface area contributed by atoms with Gasteiger partial charge in [-0.3, -0.25) is 4.79 Å². The van der Waals surface area contributed by atoms with Crippen LogP contribution in [0.5, 0.6) is 0 Å². The van der Waals surface area contributed by atoms with Crippen LogP contribution in [0.25, 0.3) is 0 Å². The van der Waals surface area contributed by atoms with Gasteiger partial charge >= 0.3 is 5.97 Å². The molecule has 0 aromatic carbocycles. The molecule has 0 aliphatic heterocycles. The molecular weight excluding hydrogens is 276 g/mol. The first-order valence-electron chi connectivity index (χ1n) is 5.41. The van der Waals surface area contributed by atoms with Gasteiger partial charge in [0.05, 0.1) is 18.9 Å². The molecule has 102 valence electrons. The molecule has 0 bridgehead atoms. The maximum Gasteiger partial charge on any atom is 0.305 e. The number of sulfonamides is 1. The van der Waals surface area contributed by atoms with E-state index in [1.165, 1.54) is 18.4 Å². The molecule has 0 saturated carbocycles. The number of nitrogens with zero attached hydrogens (tertiary/aromatic N) is 1. The van der Waals surface area contributed by atoms with Crippen molar-refractivity contribution in [1.29, 1.82) is 0 Å². The lowest BCUT2D eigenvalue weighted by Gasteiger charge is -2.11. The fourth-order valence-corrected chi connectivity index (χ4v) is 3.35.